The van der Waals surface area contributed by atoms with E-state index in [2.05, 4.69) is 31.8 Å². The average Bonchev–Trinajstić information content (AvgIpc) is 3.11. The van der Waals surface area contributed by atoms with Gasteiger partial charge in [-0.3, -0.25) is 4.98 Å². The maximum Gasteiger partial charge on any atom is 0.141 e. The first-order chi connectivity index (χ1) is 14.8. The minimum atomic E-state index is -0.245. The monoisotopic (exact) mass is 425 g/mol. The Kier molecular flexibility index (Phi) is 5.56. The Balaban J connectivity index is 1.30. The number of halogens is 1. The van der Waals surface area contributed by atoms with Gasteiger partial charge in [-0.15, -0.1) is 0 Å². The van der Waals surface area contributed by atoms with Crippen molar-refractivity contribution in [2.45, 2.75) is 91.1 Å². The largest absolute Gasteiger partial charge is 0.393 e. The summed E-state index contributed by atoms with van der Waals surface area (Å²) >= 11 is 0. The molecule has 170 valence electrons. The Morgan fingerprint density at radius 1 is 1.13 bits per heavy atom. The number of hydrogen-bond donors (Lipinski definition) is 1. The topological polar surface area (TPSA) is 33.1 Å². The summed E-state index contributed by atoms with van der Waals surface area (Å²) in [4.78, 5) is 4.28. The molecule has 0 bridgehead atoms. The second-order valence-corrected chi connectivity index (χ2v) is 11.9. The van der Waals surface area contributed by atoms with Crippen LogP contribution in [-0.2, 0) is 6.42 Å². The van der Waals surface area contributed by atoms with E-state index in [1.807, 2.05) is 6.07 Å². The van der Waals surface area contributed by atoms with Crippen molar-refractivity contribution in [1.29, 1.82) is 0 Å². The van der Waals surface area contributed by atoms with E-state index in [9.17, 15) is 9.50 Å². The number of rotatable bonds is 4. The number of aromatic nitrogens is 1. The number of nitrogens with zero attached hydrogens (tertiary/aromatic N) is 1. The number of aliphatic hydroxyl groups is 1. The third kappa shape index (κ3) is 3.59. The van der Waals surface area contributed by atoms with Crippen molar-refractivity contribution < 1.29 is 9.50 Å². The van der Waals surface area contributed by atoms with Gasteiger partial charge in [-0.05, 0) is 117 Å². The Hall–Kier alpha value is -1.22. The number of allylic oxidation sites excluding steroid dienone is 1. The van der Waals surface area contributed by atoms with Crippen LogP contribution in [0.25, 0.3) is 0 Å². The van der Waals surface area contributed by atoms with Crippen molar-refractivity contribution >= 4 is 0 Å². The zero-order chi connectivity index (χ0) is 21.8. The van der Waals surface area contributed by atoms with Crippen molar-refractivity contribution in [2.75, 3.05) is 0 Å². The molecule has 0 spiro atoms. The van der Waals surface area contributed by atoms with Gasteiger partial charge in [-0.2, -0.15) is 0 Å². The Morgan fingerprint density at radius 2 is 1.97 bits per heavy atom. The number of aryl methyl sites for hydroxylation is 1. The Bertz CT molecular complexity index is 834. The molecule has 1 aromatic rings. The lowest BCUT2D eigenvalue weighted by atomic mass is 9.47. The standard InChI is InChI=1S/C28H40FNO/c1-18(4-7-21-8-6-20(29)17-30-21)24-10-11-25-23-9-5-19-16-22(31)12-14-27(19,2)26(23)13-15-28(24,25)3/h5-6,8,17-18,22-26,31H,4,7,9-16H2,1-3H3/t18?,22-,23-,24+,25-,26-,27-,28+/m0/s1. The van der Waals surface area contributed by atoms with E-state index in [1.165, 1.54) is 50.8 Å². The molecular weight excluding hydrogens is 385 g/mol. The van der Waals surface area contributed by atoms with Gasteiger partial charge in [0.15, 0.2) is 0 Å². The van der Waals surface area contributed by atoms with Gasteiger partial charge >= 0.3 is 0 Å². The molecular formula is C28H40FNO. The average molecular weight is 426 g/mol. The fraction of sp³-hybridized carbons (Fsp3) is 0.750. The van der Waals surface area contributed by atoms with E-state index in [4.69, 9.17) is 0 Å². The van der Waals surface area contributed by atoms with Crippen molar-refractivity contribution in [1.82, 2.24) is 4.98 Å². The highest BCUT2D eigenvalue weighted by Crippen LogP contribution is 2.67. The Labute approximate surface area is 187 Å². The number of pyridine rings is 1. The van der Waals surface area contributed by atoms with Gasteiger partial charge in [0.2, 0.25) is 0 Å². The van der Waals surface area contributed by atoms with Crippen molar-refractivity contribution in [3.05, 3.63) is 41.5 Å². The minimum absolute atomic E-state index is 0.114. The molecule has 0 aromatic carbocycles. The lowest BCUT2D eigenvalue weighted by Crippen LogP contribution is -2.50. The molecule has 0 radical (unpaired) electrons. The van der Waals surface area contributed by atoms with Crippen LogP contribution in [0.15, 0.2) is 30.0 Å². The molecule has 3 heteroatoms. The molecule has 1 aromatic heterocycles. The number of aliphatic hydroxyl groups excluding tert-OH is 1. The first-order valence-corrected chi connectivity index (χ1v) is 12.8. The van der Waals surface area contributed by atoms with E-state index in [1.54, 1.807) is 5.57 Å². The van der Waals surface area contributed by atoms with Gasteiger partial charge < -0.3 is 5.11 Å². The highest BCUT2D eigenvalue weighted by molar-refractivity contribution is 5.25. The van der Waals surface area contributed by atoms with Crippen LogP contribution < -0.4 is 0 Å². The summed E-state index contributed by atoms with van der Waals surface area (Å²) in [6.07, 6.45) is 15.7. The van der Waals surface area contributed by atoms with Crippen molar-refractivity contribution in [3.63, 3.8) is 0 Å². The Morgan fingerprint density at radius 3 is 2.74 bits per heavy atom. The zero-order valence-electron chi connectivity index (χ0n) is 19.6. The molecule has 4 aliphatic rings. The fourth-order valence-corrected chi connectivity index (χ4v) is 8.75. The second-order valence-electron chi connectivity index (χ2n) is 11.9. The molecule has 3 saturated carbocycles. The summed E-state index contributed by atoms with van der Waals surface area (Å²) in [7, 11) is 0. The lowest BCUT2D eigenvalue weighted by molar-refractivity contribution is -0.0571. The predicted octanol–water partition coefficient (Wildman–Crippen LogP) is 6.73. The molecule has 1 unspecified atom stereocenters. The molecule has 3 fully saturated rings. The van der Waals surface area contributed by atoms with E-state index in [-0.39, 0.29) is 11.9 Å². The molecule has 2 nitrogen and oxygen atoms in total. The van der Waals surface area contributed by atoms with Crippen LogP contribution in [0.3, 0.4) is 0 Å². The highest BCUT2D eigenvalue weighted by Gasteiger charge is 2.59. The van der Waals surface area contributed by atoms with Crippen LogP contribution in [0.1, 0.15) is 84.3 Å². The zero-order valence-corrected chi connectivity index (χ0v) is 19.6. The highest BCUT2D eigenvalue weighted by atomic mass is 19.1. The molecule has 0 amide bonds. The molecule has 0 saturated heterocycles. The molecule has 1 N–H and O–H groups in total. The van der Waals surface area contributed by atoms with E-state index >= 15 is 0 Å². The summed E-state index contributed by atoms with van der Waals surface area (Å²) in [5, 5.41) is 10.2. The molecule has 0 aliphatic heterocycles. The smallest absolute Gasteiger partial charge is 0.141 e. The molecule has 5 rings (SSSR count). The van der Waals surface area contributed by atoms with E-state index in [0.29, 0.717) is 16.7 Å². The number of hydrogen-bond acceptors (Lipinski definition) is 2. The molecule has 4 aliphatic carbocycles. The van der Waals surface area contributed by atoms with Gasteiger partial charge in [0.25, 0.3) is 0 Å². The molecule has 31 heavy (non-hydrogen) atoms. The van der Waals surface area contributed by atoms with Crippen LogP contribution >= 0.6 is 0 Å². The lowest BCUT2D eigenvalue weighted by Gasteiger charge is -2.58. The van der Waals surface area contributed by atoms with Crippen molar-refractivity contribution in [2.24, 2.45) is 40.4 Å². The maximum atomic E-state index is 13.2. The van der Waals surface area contributed by atoms with Crippen LogP contribution in [0.4, 0.5) is 4.39 Å². The van der Waals surface area contributed by atoms with E-state index in [0.717, 1.165) is 55.0 Å². The van der Waals surface area contributed by atoms with Gasteiger partial charge in [0.05, 0.1) is 12.3 Å². The summed E-state index contributed by atoms with van der Waals surface area (Å²) in [5.41, 5.74) is 3.40. The van der Waals surface area contributed by atoms with Gasteiger partial charge in [0, 0.05) is 5.69 Å². The summed E-state index contributed by atoms with van der Waals surface area (Å²) in [5.74, 6) is 3.74. The third-order valence-corrected chi connectivity index (χ3v) is 10.5. The summed E-state index contributed by atoms with van der Waals surface area (Å²) < 4.78 is 13.2. The maximum absolute atomic E-state index is 13.2. The van der Waals surface area contributed by atoms with Gasteiger partial charge in [-0.1, -0.05) is 32.4 Å². The first-order valence-electron chi connectivity index (χ1n) is 12.8. The SMILES string of the molecule is CC(CCc1ccc(F)cn1)[C@H]1CC[C@H]2[C@@H]3CC=C4C[C@@H](O)CC[C@]4(C)[C@H]3CC[C@]12C. The molecule has 1 heterocycles. The predicted molar refractivity (Wildman–Crippen MR) is 123 cm³/mol. The van der Waals surface area contributed by atoms with Crippen LogP contribution in [0.2, 0.25) is 0 Å². The van der Waals surface area contributed by atoms with Crippen molar-refractivity contribution in [3.8, 4) is 0 Å². The molecule has 8 atom stereocenters. The van der Waals surface area contributed by atoms with E-state index < -0.39 is 0 Å². The first kappa shape index (κ1) is 21.6. The van der Waals surface area contributed by atoms with Crippen LogP contribution in [-0.4, -0.2) is 16.2 Å². The summed E-state index contributed by atoms with van der Waals surface area (Å²) in [6.45, 7) is 7.59. The quantitative estimate of drug-likeness (QED) is 0.543. The van der Waals surface area contributed by atoms with Gasteiger partial charge in [-0.25, -0.2) is 4.39 Å². The summed E-state index contributed by atoms with van der Waals surface area (Å²) in [6, 6.07) is 3.39. The van der Waals surface area contributed by atoms with Gasteiger partial charge in [0.1, 0.15) is 5.82 Å². The fourth-order valence-electron chi connectivity index (χ4n) is 8.75. The third-order valence-electron chi connectivity index (χ3n) is 10.5. The number of fused-ring (bicyclic) bond motifs is 5. The normalized spacial score (nSPS) is 42.9. The minimum Gasteiger partial charge on any atom is -0.393 e. The van der Waals surface area contributed by atoms with Crippen LogP contribution in [0.5, 0.6) is 0 Å². The van der Waals surface area contributed by atoms with Crippen LogP contribution in [0, 0.1) is 46.2 Å². The second kappa shape index (κ2) is 7.97.